The molecule has 1 aliphatic heterocycles. The van der Waals surface area contributed by atoms with Crippen molar-refractivity contribution in [1.29, 1.82) is 0 Å². The standard InChI is InChI=1S/C27H22Cl2N2O3S/c1-2-34-23(32)15-22-26(33)31-25(17-8-12-20(29)13-9-17)21-5-3-4-18(24(21)30-27(31)35-22)14-16-6-10-19(28)11-7-16/h6-15,25H,2-5H2,1H3/b18-14+,22-15-/t25-/m0/s1. The van der Waals surface area contributed by atoms with Crippen molar-refractivity contribution in [2.24, 2.45) is 4.99 Å². The Bertz CT molecular complexity index is 1530. The zero-order valence-corrected chi connectivity index (χ0v) is 21.3. The van der Waals surface area contributed by atoms with Gasteiger partial charge in [0.2, 0.25) is 0 Å². The van der Waals surface area contributed by atoms with Crippen LogP contribution in [0, 0.1) is 0 Å². The van der Waals surface area contributed by atoms with Crippen LogP contribution in [-0.2, 0) is 9.53 Å². The molecule has 5 nitrogen and oxygen atoms in total. The third kappa shape index (κ3) is 4.79. The van der Waals surface area contributed by atoms with E-state index in [-0.39, 0.29) is 18.2 Å². The minimum absolute atomic E-state index is 0.244. The normalized spacial score (nSPS) is 18.8. The van der Waals surface area contributed by atoms with Crippen LogP contribution in [0.25, 0.3) is 12.2 Å². The van der Waals surface area contributed by atoms with E-state index < -0.39 is 5.97 Å². The highest BCUT2D eigenvalue weighted by molar-refractivity contribution is 7.07. The van der Waals surface area contributed by atoms with Crippen LogP contribution >= 0.6 is 34.5 Å². The van der Waals surface area contributed by atoms with Crippen LogP contribution in [0.1, 0.15) is 43.4 Å². The summed E-state index contributed by atoms with van der Waals surface area (Å²) in [5.74, 6) is -0.534. The summed E-state index contributed by atoms with van der Waals surface area (Å²) in [5, 5.41) is 1.32. The molecule has 0 saturated carbocycles. The number of thiazole rings is 1. The Balaban J connectivity index is 1.73. The maximum Gasteiger partial charge on any atom is 0.332 e. The molecular formula is C27H22Cl2N2O3S. The SMILES string of the molecule is CCOC(=O)/C=c1\sc2n(c1=O)[C@@H](c1ccc(Cl)cc1)C1=C(N=2)/C(=C/c2ccc(Cl)cc2)CCC1. The molecule has 2 aliphatic rings. The first-order chi connectivity index (χ1) is 16.9. The lowest BCUT2D eigenvalue weighted by molar-refractivity contribution is -0.135. The summed E-state index contributed by atoms with van der Waals surface area (Å²) < 4.78 is 7.04. The lowest BCUT2D eigenvalue weighted by Crippen LogP contribution is -2.39. The molecule has 3 aromatic rings. The van der Waals surface area contributed by atoms with Crippen LogP contribution in [0.5, 0.6) is 0 Å². The predicted octanol–water partition coefficient (Wildman–Crippen LogP) is 5.30. The molecule has 1 atom stereocenters. The highest BCUT2D eigenvalue weighted by atomic mass is 35.5. The number of hydrogen-bond donors (Lipinski definition) is 0. The Kier molecular flexibility index (Phi) is 6.78. The van der Waals surface area contributed by atoms with Gasteiger partial charge in [0.15, 0.2) is 4.80 Å². The zero-order chi connectivity index (χ0) is 24.5. The van der Waals surface area contributed by atoms with Gasteiger partial charge in [0, 0.05) is 16.1 Å². The molecule has 2 aromatic carbocycles. The number of rotatable bonds is 4. The van der Waals surface area contributed by atoms with Crippen molar-refractivity contribution in [3.8, 4) is 0 Å². The molecular weight excluding hydrogens is 503 g/mol. The summed E-state index contributed by atoms with van der Waals surface area (Å²) in [6.07, 6.45) is 6.06. The van der Waals surface area contributed by atoms with Gasteiger partial charge in [0.1, 0.15) is 4.53 Å². The molecule has 2 heterocycles. The van der Waals surface area contributed by atoms with Crippen molar-refractivity contribution in [2.75, 3.05) is 6.61 Å². The van der Waals surface area contributed by atoms with Crippen LogP contribution in [0.2, 0.25) is 10.0 Å². The monoisotopic (exact) mass is 524 g/mol. The summed E-state index contributed by atoms with van der Waals surface area (Å²) in [4.78, 5) is 31.1. The lowest BCUT2D eigenvalue weighted by Gasteiger charge is -2.31. The minimum atomic E-state index is -0.534. The average molecular weight is 525 g/mol. The molecule has 0 fully saturated rings. The van der Waals surface area contributed by atoms with Gasteiger partial charge < -0.3 is 4.74 Å². The average Bonchev–Trinajstić information content (AvgIpc) is 3.15. The maximum atomic E-state index is 13.5. The van der Waals surface area contributed by atoms with E-state index in [1.165, 1.54) is 17.4 Å². The molecule has 5 rings (SSSR count). The number of carbonyl (C=O) groups is 1. The Morgan fingerprint density at radius 2 is 1.80 bits per heavy atom. The van der Waals surface area contributed by atoms with E-state index in [9.17, 15) is 9.59 Å². The third-order valence-electron chi connectivity index (χ3n) is 6.07. The third-order valence-corrected chi connectivity index (χ3v) is 7.55. The van der Waals surface area contributed by atoms with E-state index >= 15 is 0 Å². The quantitative estimate of drug-likeness (QED) is 0.434. The number of fused-ring (bicyclic) bond motifs is 1. The molecule has 0 saturated heterocycles. The van der Waals surface area contributed by atoms with Crippen molar-refractivity contribution < 1.29 is 9.53 Å². The number of benzene rings is 2. The molecule has 8 heteroatoms. The van der Waals surface area contributed by atoms with Gasteiger partial charge in [0.25, 0.3) is 5.56 Å². The van der Waals surface area contributed by atoms with E-state index in [4.69, 9.17) is 32.9 Å². The largest absolute Gasteiger partial charge is 0.463 e. The molecule has 35 heavy (non-hydrogen) atoms. The Labute approximate surface area is 216 Å². The molecule has 0 unspecified atom stereocenters. The summed E-state index contributed by atoms with van der Waals surface area (Å²) in [7, 11) is 0. The van der Waals surface area contributed by atoms with Gasteiger partial charge in [-0.05, 0) is 78.8 Å². The highest BCUT2D eigenvalue weighted by Gasteiger charge is 2.32. The second-order valence-corrected chi connectivity index (χ2v) is 10.2. The number of hydrogen-bond acceptors (Lipinski definition) is 5. The first kappa shape index (κ1) is 23.8. The summed E-state index contributed by atoms with van der Waals surface area (Å²) in [6.45, 7) is 1.98. The van der Waals surface area contributed by atoms with Gasteiger partial charge in [-0.2, -0.15) is 0 Å². The van der Waals surface area contributed by atoms with E-state index in [2.05, 4.69) is 6.08 Å². The Morgan fingerprint density at radius 3 is 2.49 bits per heavy atom. The number of ether oxygens (including phenoxy) is 1. The number of aromatic nitrogens is 1. The minimum Gasteiger partial charge on any atom is -0.463 e. The number of allylic oxidation sites excluding steroid dienone is 2. The molecule has 0 amide bonds. The smallest absolute Gasteiger partial charge is 0.332 e. The summed E-state index contributed by atoms with van der Waals surface area (Å²) in [6, 6.07) is 14.9. The lowest BCUT2D eigenvalue weighted by atomic mass is 9.84. The first-order valence-electron chi connectivity index (χ1n) is 11.4. The number of halogens is 2. The van der Waals surface area contributed by atoms with Gasteiger partial charge in [-0.1, -0.05) is 58.8 Å². The molecule has 1 aliphatic carbocycles. The van der Waals surface area contributed by atoms with E-state index in [0.29, 0.717) is 19.4 Å². The van der Waals surface area contributed by atoms with Crippen LogP contribution in [0.15, 0.2) is 75.2 Å². The Hall–Kier alpha value is -2.93. The second-order valence-electron chi connectivity index (χ2n) is 8.33. The van der Waals surface area contributed by atoms with Crippen molar-refractivity contribution in [2.45, 2.75) is 32.2 Å². The molecule has 0 N–H and O–H groups in total. The molecule has 1 aromatic heterocycles. The topological polar surface area (TPSA) is 60.7 Å². The van der Waals surface area contributed by atoms with Crippen LogP contribution in [-0.4, -0.2) is 17.1 Å². The molecule has 0 bridgehead atoms. The van der Waals surface area contributed by atoms with Crippen molar-refractivity contribution in [3.05, 3.63) is 106 Å². The van der Waals surface area contributed by atoms with Gasteiger partial charge in [0.05, 0.1) is 18.3 Å². The second kappa shape index (κ2) is 9.97. The van der Waals surface area contributed by atoms with Crippen LogP contribution in [0.3, 0.4) is 0 Å². The summed E-state index contributed by atoms with van der Waals surface area (Å²) >= 11 is 13.4. The maximum absolute atomic E-state index is 13.5. The fourth-order valence-corrected chi connectivity index (χ4v) is 5.77. The van der Waals surface area contributed by atoms with Crippen LogP contribution in [0.4, 0.5) is 0 Å². The predicted molar refractivity (Wildman–Crippen MR) is 140 cm³/mol. The van der Waals surface area contributed by atoms with E-state index in [0.717, 1.165) is 47.2 Å². The Morgan fingerprint density at radius 1 is 1.11 bits per heavy atom. The molecule has 0 radical (unpaired) electrons. The van der Waals surface area contributed by atoms with Gasteiger partial charge >= 0.3 is 5.97 Å². The van der Waals surface area contributed by atoms with Crippen molar-refractivity contribution in [3.63, 3.8) is 0 Å². The number of carbonyl (C=O) groups excluding carboxylic acids is 1. The van der Waals surface area contributed by atoms with E-state index in [1.807, 2.05) is 48.5 Å². The highest BCUT2D eigenvalue weighted by Crippen LogP contribution is 2.41. The van der Waals surface area contributed by atoms with Gasteiger partial charge in [-0.15, -0.1) is 0 Å². The first-order valence-corrected chi connectivity index (χ1v) is 13.0. The fourth-order valence-electron chi connectivity index (χ4n) is 4.55. The van der Waals surface area contributed by atoms with Crippen molar-refractivity contribution in [1.82, 2.24) is 4.57 Å². The molecule has 0 spiro atoms. The fraction of sp³-hybridized carbons (Fsp3) is 0.222. The van der Waals surface area contributed by atoms with Gasteiger partial charge in [-0.25, -0.2) is 9.79 Å². The zero-order valence-electron chi connectivity index (χ0n) is 19.0. The van der Waals surface area contributed by atoms with E-state index in [1.54, 1.807) is 11.5 Å². The van der Waals surface area contributed by atoms with Crippen molar-refractivity contribution >= 4 is 52.7 Å². The number of nitrogens with zero attached hydrogens (tertiary/aromatic N) is 2. The van der Waals surface area contributed by atoms with Gasteiger partial charge in [-0.3, -0.25) is 9.36 Å². The summed E-state index contributed by atoms with van der Waals surface area (Å²) in [5.41, 5.74) is 4.87. The molecule has 178 valence electrons. The van der Waals surface area contributed by atoms with Crippen LogP contribution < -0.4 is 14.9 Å². The number of esters is 1.